The molecule has 4 rings (SSSR count). The van der Waals surface area contributed by atoms with Crippen LogP contribution in [0.15, 0.2) is 42.5 Å². The summed E-state index contributed by atoms with van der Waals surface area (Å²) in [5.74, 6) is 0.719. The van der Waals surface area contributed by atoms with E-state index >= 15 is 0 Å². The molecule has 0 spiro atoms. The molecule has 0 aliphatic heterocycles. The van der Waals surface area contributed by atoms with Gasteiger partial charge < -0.3 is 0 Å². The summed E-state index contributed by atoms with van der Waals surface area (Å²) in [6, 6.07) is 16.0. The molecule has 0 nitrogen and oxygen atoms in total. The SMILES string of the molecule is Cc1cccc2c1ccc1c3c(ccc12)C(C)CCC3. The summed E-state index contributed by atoms with van der Waals surface area (Å²) in [6.07, 6.45) is 3.92. The van der Waals surface area contributed by atoms with Crippen LogP contribution in [0.1, 0.15) is 42.4 Å². The van der Waals surface area contributed by atoms with Gasteiger partial charge in [0.15, 0.2) is 0 Å². The summed E-state index contributed by atoms with van der Waals surface area (Å²) < 4.78 is 0. The van der Waals surface area contributed by atoms with Gasteiger partial charge in [-0.2, -0.15) is 0 Å². The van der Waals surface area contributed by atoms with Crippen LogP contribution in [0.4, 0.5) is 0 Å². The maximum Gasteiger partial charge on any atom is -0.0102 e. The van der Waals surface area contributed by atoms with Crippen LogP contribution in [0.25, 0.3) is 21.5 Å². The Labute approximate surface area is 120 Å². The van der Waals surface area contributed by atoms with Crippen LogP contribution in [0.3, 0.4) is 0 Å². The zero-order valence-electron chi connectivity index (χ0n) is 12.2. The first-order valence-corrected chi connectivity index (χ1v) is 7.69. The second kappa shape index (κ2) is 4.34. The molecular formula is C20H20. The van der Waals surface area contributed by atoms with Crippen molar-refractivity contribution in [3.63, 3.8) is 0 Å². The highest BCUT2D eigenvalue weighted by molar-refractivity contribution is 6.09. The van der Waals surface area contributed by atoms with Gasteiger partial charge in [-0.1, -0.05) is 49.4 Å². The Morgan fingerprint density at radius 2 is 1.60 bits per heavy atom. The second-order valence-electron chi connectivity index (χ2n) is 6.26. The van der Waals surface area contributed by atoms with E-state index in [-0.39, 0.29) is 0 Å². The monoisotopic (exact) mass is 260 g/mol. The Morgan fingerprint density at radius 3 is 2.50 bits per heavy atom. The van der Waals surface area contributed by atoms with Gasteiger partial charge in [0, 0.05) is 0 Å². The highest BCUT2D eigenvalue weighted by atomic mass is 14.2. The van der Waals surface area contributed by atoms with Crippen molar-refractivity contribution in [1.29, 1.82) is 0 Å². The number of rotatable bonds is 0. The van der Waals surface area contributed by atoms with E-state index in [0.717, 1.165) is 5.92 Å². The van der Waals surface area contributed by atoms with E-state index in [2.05, 4.69) is 56.3 Å². The van der Waals surface area contributed by atoms with E-state index in [1.165, 1.54) is 46.4 Å². The molecule has 3 aromatic carbocycles. The Balaban J connectivity index is 2.13. The van der Waals surface area contributed by atoms with Gasteiger partial charge in [0.25, 0.3) is 0 Å². The van der Waals surface area contributed by atoms with Crippen LogP contribution in [-0.2, 0) is 6.42 Å². The summed E-state index contributed by atoms with van der Waals surface area (Å²) >= 11 is 0. The van der Waals surface area contributed by atoms with Crippen LogP contribution in [-0.4, -0.2) is 0 Å². The maximum atomic E-state index is 2.38. The molecule has 1 aliphatic rings. The van der Waals surface area contributed by atoms with Gasteiger partial charge in [-0.3, -0.25) is 0 Å². The predicted molar refractivity (Wildman–Crippen MR) is 87.5 cm³/mol. The molecule has 20 heavy (non-hydrogen) atoms. The molecule has 0 heterocycles. The molecule has 0 saturated carbocycles. The normalized spacial score (nSPS) is 18.4. The van der Waals surface area contributed by atoms with Crippen molar-refractivity contribution < 1.29 is 0 Å². The molecule has 1 aliphatic carbocycles. The first kappa shape index (κ1) is 12.0. The lowest BCUT2D eigenvalue weighted by Gasteiger charge is -2.24. The van der Waals surface area contributed by atoms with E-state index < -0.39 is 0 Å². The van der Waals surface area contributed by atoms with Crippen molar-refractivity contribution in [2.45, 2.75) is 39.0 Å². The van der Waals surface area contributed by atoms with Crippen LogP contribution < -0.4 is 0 Å². The lowest BCUT2D eigenvalue weighted by Crippen LogP contribution is -2.07. The predicted octanol–water partition coefficient (Wildman–Crippen LogP) is 5.74. The molecule has 1 unspecified atom stereocenters. The van der Waals surface area contributed by atoms with E-state index in [1.807, 2.05) is 0 Å². The van der Waals surface area contributed by atoms with E-state index in [0.29, 0.717) is 0 Å². The fraction of sp³-hybridized carbons (Fsp3) is 0.300. The summed E-state index contributed by atoms with van der Waals surface area (Å²) in [5.41, 5.74) is 4.55. The molecule has 3 aromatic rings. The van der Waals surface area contributed by atoms with E-state index in [9.17, 15) is 0 Å². The summed E-state index contributed by atoms with van der Waals surface area (Å²) in [7, 11) is 0. The van der Waals surface area contributed by atoms with Crippen molar-refractivity contribution >= 4 is 21.5 Å². The third-order valence-corrected chi connectivity index (χ3v) is 5.02. The van der Waals surface area contributed by atoms with Gasteiger partial charge >= 0.3 is 0 Å². The molecule has 0 heteroatoms. The molecule has 0 saturated heterocycles. The van der Waals surface area contributed by atoms with Crippen LogP contribution >= 0.6 is 0 Å². The number of aryl methyl sites for hydroxylation is 2. The summed E-state index contributed by atoms with van der Waals surface area (Å²) in [5, 5.41) is 5.71. The molecular weight excluding hydrogens is 240 g/mol. The van der Waals surface area contributed by atoms with Gasteiger partial charge in [-0.05, 0) is 70.3 Å². The Kier molecular flexibility index (Phi) is 2.60. The molecule has 0 radical (unpaired) electrons. The van der Waals surface area contributed by atoms with E-state index in [4.69, 9.17) is 0 Å². The molecule has 0 amide bonds. The Morgan fingerprint density at radius 1 is 0.850 bits per heavy atom. The number of benzene rings is 3. The third kappa shape index (κ3) is 1.61. The first-order valence-electron chi connectivity index (χ1n) is 7.69. The van der Waals surface area contributed by atoms with Crippen LogP contribution in [0.5, 0.6) is 0 Å². The lowest BCUT2D eigenvalue weighted by molar-refractivity contribution is 0.593. The lowest BCUT2D eigenvalue weighted by atomic mass is 9.81. The highest BCUT2D eigenvalue weighted by Crippen LogP contribution is 2.38. The third-order valence-electron chi connectivity index (χ3n) is 5.02. The van der Waals surface area contributed by atoms with Crippen molar-refractivity contribution in [3.05, 3.63) is 59.2 Å². The Bertz CT molecular complexity index is 811. The average molecular weight is 260 g/mol. The number of hydrogen-bond donors (Lipinski definition) is 0. The summed E-state index contributed by atoms with van der Waals surface area (Å²) in [6.45, 7) is 4.57. The second-order valence-corrected chi connectivity index (χ2v) is 6.26. The quantitative estimate of drug-likeness (QED) is 0.452. The molecule has 0 bridgehead atoms. The summed E-state index contributed by atoms with van der Waals surface area (Å²) in [4.78, 5) is 0. The van der Waals surface area contributed by atoms with Gasteiger partial charge in [-0.25, -0.2) is 0 Å². The standard InChI is InChI=1S/C20H20/c1-13-5-3-7-17-15(13)9-11-20-18-8-4-6-14(2)16(18)10-12-19(17)20/h3,5,7,9-12,14H,4,6,8H2,1-2H3. The van der Waals surface area contributed by atoms with Crippen LogP contribution in [0, 0.1) is 6.92 Å². The minimum atomic E-state index is 0.719. The van der Waals surface area contributed by atoms with Crippen molar-refractivity contribution in [1.82, 2.24) is 0 Å². The fourth-order valence-electron chi connectivity index (χ4n) is 3.89. The topological polar surface area (TPSA) is 0 Å². The fourth-order valence-corrected chi connectivity index (χ4v) is 3.89. The average Bonchev–Trinajstić information content (AvgIpc) is 2.47. The van der Waals surface area contributed by atoms with Crippen molar-refractivity contribution in [3.8, 4) is 0 Å². The van der Waals surface area contributed by atoms with Crippen molar-refractivity contribution in [2.75, 3.05) is 0 Å². The van der Waals surface area contributed by atoms with Gasteiger partial charge in [0.2, 0.25) is 0 Å². The van der Waals surface area contributed by atoms with Gasteiger partial charge in [0.1, 0.15) is 0 Å². The zero-order valence-corrected chi connectivity index (χ0v) is 12.2. The molecule has 0 N–H and O–H groups in total. The largest absolute Gasteiger partial charge is 0.0613 e. The molecule has 0 fully saturated rings. The number of hydrogen-bond acceptors (Lipinski definition) is 0. The zero-order chi connectivity index (χ0) is 13.7. The molecule has 100 valence electrons. The first-order chi connectivity index (χ1) is 9.75. The Hall–Kier alpha value is -1.82. The molecule has 0 aromatic heterocycles. The highest BCUT2D eigenvalue weighted by Gasteiger charge is 2.18. The minimum absolute atomic E-state index is 0.719. The smallest absolute Gasteiger partial charge is 0.0102 e. The van der Waals surface area contributed by atoms with Crippen LogP contribution in [0.2, 0.25) is 0 Å². The maximum absolute atomic E-state index is 2.38. The van der Waals surface area contributed by atoms with Gasteiger partial charge in [0.05, 0.1) is 0 Å². The van der Waals surface area contributed by atoms with Crippen molar-refractivity contribution in [2.24, 2.45) is 0 Å². The minimum Gasteiger partial charge on any atom is -0.0613 e. The molecule has 1 atom stereocenters. The van der Waals surface area contributed by atoms with E-state index in [1.54, 1.807) is 11.1 Å². The van der Waals surface area contributed by atoms with Gasteiger partial charge in [-0.15, -0.1) is 0 Å². The number of fused-ring (bicyclic) bond motifs is 5.